The normalized spacial score (nSPS) is 10.8. The van der Waals surface area contributed by atoms with Crippen molar-refractivity contribution in [1.29, 1.82) is 0 Å². The summed E-state index contributed by atoms with van der Waals surface area (Å²) in [5.74, 6) is -0.141. The molecule has 0 radical (unpaired) electrons. The van der Waals surface area contributed by atoms with Crippen LogP contribution in [0.15, 0.2) is 30.3 Å². The Hall–Kier alpha value is -1.98. The van der Waals surface area contributed by atoms with E-state index in [9.17, 15) is 4.79 Å². The molecule has 1 amide bonds. The summed E-state index contributed by atoms with van der Waals surface area (Å²) in [6.07, 6.45) is 0. The van der Waals surface area contributed by atoms with E-state index < -0.39 is 0 Å². The van der Waals surface area contributed by atoms with Crippen molar-refractivity contribution in [3.63, 3.8) is 0 Å². The lowest BCUT2D eigenvalue weighted by molar-refractivity contribution is 0.0949. The summed E-state index contributed by atoms with van der Waals surface area (Å²) in [7, 11) is 1.66. The van der Waals surface area contributed by atoms with Crippen LogP contribution in [0, 0.1) is 6.92 Å². The smallest absolute Gasteiger partial charge is 0.269 e. The topological polar surface area (TPSA) is 63.2 Å². The molecule has 1 aromatic carbocycles. The number of aryl methyl sites for hydroxylation is 1. The first-order chi connectivity index (χ1) is 10.2. The molecule has 5 nitrogen and oxygen atoms in total. The second kappa shape index (κ2) is 7.71. The third-order valence-electron chi connectivity index (χ3n) is 3.23. The number of fused-ring (bicyclic) bond motifs is 1. The predicted octanol–water partition coefficient (Wildman–Crippen LogP) is 1.51. The molecule has 0 aliphatic heterocycles. The molecule has 5 heteroatoms. The lowest BCUT2D eigenvalue weighted by atomic mass is 10.1. The van der Waals surface area contributed by atoms with Crippen LogP contribution in [0.3, 0.4) is 0 Å². The SMILES string of the molecule is COCCNCCNC(=O)c1cc(C)c2ccccc2n1. The fourth-order valence-electron chi connectivity index (χ4n) is 2.12. The molecule has 0 atom stereocenters. The third-order valence-corrected chi connectivity index (χ3v) is 3.23. The predicted molar refractivity (Wildman–Crippen MR) is 83.6 cm³/mol. The molecule has 2 aromatic rings. The number of nitrogens with one attached hydrogen (secondary N) is 2. The van der Waals surface area contributed by atoms with Crippen LogP contribution in [0.25, 0.3) is 10.9 Å². The van der Waals surface area contributed by atoms with Gasteiger partial charge >= 0.3 is 0 Å². The van der Waals surface area contributed by atoms with Gasteiger partial charge in [0.05, 0.1) is 12.1 Å². The number of aromatic nitrogens is 1. The molecule has 112 valence electrons. The number of nitrogens with zero attached hydrogens (tertiary/aromatic N) is 1. The van der Waals surface area contributed by atoms with E-state index >= 15 is 0 Å². The van der Waals surface area contributed by atoms with E-state index in [-0.39, 0.29) is 5.91 Å². The minimum atomic E-state index is -0.141. The number of carbonyl (C=O) groups is 1. The summed E-state index contributed by atoms with van der Waals surface area (Å²) in [6, 6.07) is 9.67. The van der Waals surface area contributed by atoms with Gasteiger partial charge in [-0.05, 0) is 24.6 Å². The fourth-order valence-corrected chi connectivity index (χ4v) is 2.12. The number of pyridine rings is 1. The van der Waals surface area contributed by atoms with E-state index in [1.807, 2.05) is 37.3 Å². The first-order valence-electron chi connectivity index (χ1n) is 7.06. The van der Waals surface area contributed by atoms with Crippen LogP contribution in [-0.2, 0) is 4.74 Å². The summed E-state index contributed by atoms with van der Waals surface area (Å²) >= 11 is 0. The summed E-state index contributed by atoms with van der Waals surface area (Å²) in [5.41, 5.74) is 2.37. The van der Waals surface area contributed by atoms with E-state index in [0.29, 0.717) is 25.4 Å². The zero-order chi connectivity index (χ0) is 15.1. The van der Waals surface area contributed by atoms with Gasteiger partial charge in [0, 0.05) is 32.1 Å². The number of methoxy groups -OCH3 is 1. The van der Waals surface area contributed by atoms with Gasteiger partial charge in [-0.1, -0.05) is 18.2 Å². The lowest BCUT2D eigenvalue weighted by Crippen LogP contribution is -2.33. The zero-order valence-corrected chi connectivity index (χ0v) is 12.5. The molecule has 0 unspecified atom stereocenters. The van der Waals surface area contributed by atoms with Crippen LogP contribution in [0.1, 0.15) is 16.1 Å². The van der Waals surface area contributed by atoms with Gasteiger partial charge in [0.2, 0.25) is 0 Å². The maximum Gasteiger partial charge on any atom is 0.269 e. The summed E-state index contributed by atoms with van der Waals surface area (Å²) in [6.45, 7) is 4.71. The average Bonchev–Trinajstić information content (AvgIpc) is 2.50. The molecule has 0 aliphatic carbocycles. The van der Waals surface area contributed by atoms with Crippen molar-refractivity contribution in [2.24, 2.45) is 0 Å². The van der Waals surface area contributed by atoms with E-state index in [4.69, 9.17) is 4.74 Å². The van der Waals surface area contributed by atoms with Crippen LogP contribution >= 0.6 is 0 Å². The molecule has 0 bridgehead atoms. The monoisotopic (exact) mass is 287 g/mol. The molecular formula is C16H21N3O2. The van der Waals surface area contributed by atoms with Crippen molar-refractivity contribution in [2.45, 2.75) is 6.92 Å². The quantitative estimate of drug-likeness (QED) is 0.758. The molecule has 2 N–H and O–H groups in total. The zero-order valence-electron chi connectivity index (χ0n) is 12.5. The number of para-hydroxylation sites is 1. The van der Waals surface area contributed by atoms with Crippen molar-refractivity contribution < 1.29 is 9.53 Å². The minimum Gasteiger partial charge on any atom is -0.383 e. The van der Waals surface area contributed by atoms with Gasteiger partial charge in [-0.15, -0.1) is 0 Å². The molecule has 0 saturated carbocycles. The van der Waals surface area contributed by atoms with Gasteiger partial charge in [-0.25, -0.2) is 4.98 Å². The van der Waals surface area contributed by atoms with Crippen molar-refractivity contribution in [2.75, 3.05) is 33.4 Å². The van der Waals surface area contributed by atoms with Gasteiger partial charge in [0.15, 0.2) is 0 Å². The van der Waals surface area contributed by atoms with Gasteiger partial charge < -0.3 is 15.4 Å². The number of hydrogen-bond acceptors (Lipinski definition) is 4. The van der Waals surface area contributed by atoms with Crippen molar-refractivity contribution in [3.05, 3.63) is 41.6 Å². The summed E-state index contributed by atoms with van der Waals surface area (Å²) in [5, 5.41) is 7.12. The van der Waals surface area contributed by atoms with Gasteiger partial charge in [0.1, 0.15) is 5.69 Å². The van der Waals surface area contributed by atoms with Crippen molar-refractivity contribution >= 4 is 16.8 Å². The summed E-state index contributed by atoms with van der Waals surface area (Å²) in [4.78, 5) is 16.5. The maximum absolute atomic E-state index is 12.1. The molecule has 0 spiro atoms. The highest BCUT2D eigenvalue weighted by molar-refractivity contribution is 5.95. The molecule has 0 fully saturated rings. The first-order valence-corrected chi connectivity index (χ1v) is 7.06. The lowest BCUT2D eigenvalue weighted by Gasteiger charge is -2.08. The maximum atomic E-state index is 12.1. The largest absolute Gasteiger partial charge is 0.383 e. The Morgan fingerprint density at radius 2 is 2.05 bits per heavy atom. The molecule has 1 heterocycles. The number of benzene rings is 1. The van der Waals surface area contributed by atoms with E-state index in [1.165, 1.54) is 0 Å². The van der Waals surface area contributed by atoms with Crippen LogP contribution in [0.2, 0.25) is 0 Å². The molecule has 21 heavy (non-hydrogen) atoms. The van der Waals surface area contributed by atoms with E-state index in [0.717, 1.165) is 23.0 Å². The Kier molecular flexibility index (Phi) is 5.66. The van der Waals surface area contributed by atoms with E-state index in [1.54, 1.807) is 7.11 Å². The average molecular weight is 287 g/mol. The summed E-state index contributed by atoms with van der Waals surface area (Å²) < 4.78 is 4.93. The van der Waals surface area contributed by atoms with Crippen LogP contribution < -0.4 is 10.6 Å². The second-order valence-electron chi connectivity index (χ2n) is 4.84. The standard InChI is InChI=1S/C16H21N3O2/c1-12-11-15(19-14-6-4-3-5-13(12)14)16(20)18-8-7-17-9-10-21-2/h3-6,11,17H,7-10H2,1-2H3,(H,18,20). The number of ether oxygens (including phenoxy) is 1. The number of hydrogen-bond donors (Lipinski definition) is 2. The van der Waals surface area contributed by atoms with Gasteiger partial charge in [0.25, 0.3) is 5.91 Å². The molecule has 0 saturated heterocycles. The Labute approximate surface area is 124 Å². The van der Waals surface area contributed by atoms with Crippen LogP contribution in [-0.4, -0.2) is 44.2 Å². The second-order valence-corrected chi connectivity index (χ2v) is 4.84. The fraction of sp³-hybridized carbons (Fsp3) is 0.375. The highest BCUT2D eigenvalue weighted by Crippen LogP contribution is 2.17. The number of amides is 1. The van der Waals surface area contributed by atoms with Gasteiger partial charge in [-0.2, -0.15) is 0 Å². The highest BCUT2D eigenvalue weighted by atomic mass is 16.5. The minimum absolute atomic E-state index is 0.141. The molecule has 2 rings (SSSR count). The van der Waals surface area contributed by atoms with Crippen molar-refractivity contribution in [1.82, 2.24) is 15.6 Å². The Bertz CT molecular complexity index is 613. The Morgan fingerprint density at radius 1 is 1.24 bits per heavy atom. The third kappa shape index (κ3) is 4.24. The Balaban J connectivity index is 1.93. The molecular weight excluding hydrogens is 266 g/mol. The first kappa shape index (κ1) is 15.4. The molecule has 1 aromatic heterocycles. The van der Waals surface area contributed by atoms with Crippen molar-refractivity contribution in [3.8, 4) is 0 Å². The molecule has 0 aliphatic rings. The number of carbonyl (C=O) groups excluding carboxylic acids is 1. The Morgan fingerprint density at radius 3 is 2.86 bits per heavy atom. The highest BCUT2D eigenvalue weighted by Gasteiger charge is 2.09. The van der Waals surface area contributed by atoms with E-state index in [2.05, 4.69) is 15.6 Å². The van der Waals surface area contributed by atoms with Gasteiger partial charge in [-0.3, -0.25) is 4.79 Å². The van der Waals surface area contributed by atoms with Crippen LogP contribution in [0.5, 0.6) is 0 Å². The number of rotatable bonds is 7. The van der Waals surface area contributed by atoms with Crippen LogP contribution in [0.4, 0.5) is 0 Å².